The second kappa shape index (κ2) is 6.86. The maximum Gasteiger partial charge on any atom is 0.212 e. The van der Waals surface area contributed by atoms with Gasteiger partial charge in [0.25, 0.3) is 0 Å². The molecule has 30 heavy (non-hydrogen) atoms. The minimum absolute atomic E-state index is 0.0358. The number of hydrogen-bond donors (Lipinski definition) is 1. The van der Waals surface area contributed by atoms with Crippen LogP contribution < -0.4 is 5.73 Å². The first kappa shape index (κ1) is 18.7. The average molecular weight is 439 g/mol. The number of nitrogens with zero attached hydrogens (tertiary/aromatic N) is 3. The van der Waals surface area contributed by atoms with Crippen LogP contribution in [0.4, 0.5) is 5.82 Å². The largest absolute Gasteiger partial charge is 0.467 e. The van der Waals surface area contributed by atoms with E-state index in [1.807, 2.05) is 18.2 Å². The van der Waals surface area contributed by atoms with Gasteiger partial charge in [-0.3, -0.25) is 0 Å². The van der Waals surface area contributed by atoms with Gasteiger partial charge >= 0.3 is 0 Å². The van der Waals surface area contributed by atoms with Crippen molar-refractivity contribution in [2.24, 2.45) is 0 Å². The highest BCUT2D eigenvalue weighted by Crippen LogP contribution is 2.36. The molecule has 5 rings (SSSR count). The van der Waals surface area contributed by atoms with Crippen LogP contribution in [0.15, 0.2) is 81.1 Å². The molecule has 0 spiro atoms. The fourth-order valence-corrected chi connectivity index (χ4v) is 5.23. The molecular weight excluding hydrogens is 424 g/mol. The smallest absolute Gasteiger partial charge is 0.212 e. The van der Waals surface area contributed by atoms with E-state index < -0.39 is 9.84 Å². The number of aromatic nitrogens is 3. The second-order valence-electron chi connectivity index (χ2n) is 6.73. The molecule has 3 aromatic heterocycles. The number of hydrogen-bond acceptors (Lipinski definition) is 6. The molecule has 0 aliphatic carbocycles. The van der Waals surface area contributed by atoms with Gasteiger partial charge in [0.15, 0.2) is 5.65 Å². The quantitative estimate of drug-likeness (QED) is 0.448. The molecule has 0 saturated carbocycles. The Morgan fingerprint density at radius 1 is 1.00 bits per heavy atom. The van der Waals surface area contributed by atoms with E-state index >= 15 is 0 Å². The van der Waals surface area contributed by atoms with E-state index in [1.54, 1.807) is 41.2 Å². The maximum atomic E-state index is 13.5. The van der Waals surface area contributed by atoms with Gasteiger partial charge < -0.3 is 14.7 Å². The number of furan rings is 1. The molecule has 5 aromatic rings. The van der Waals surface area contributed by atoms with Gasteiger partial charge in [-0.1, -0.05) is 29.8 Å². The molecule has 0 aliphatic heterocycles. The van der Waals surface area contributed by atoms with E-state index in [4.69, 9.17) is 21.8 Å². The zero-order chi connectivity index (χ0) is 20.9. The third kappa shape index (κ3) is 2.92. The lowest BCUT2D eigenvalue weighted by Crippen LogP contribution is -2.08. The lowest BCUT2D eigenvalue weighted by atomic mass is 10.3. The minimum Gasteiger partial charge on any atom is -0.467 e. The summed E-state index contributed by atoms with van der Waals surface area (Å²) in [5, 5.41) is 0.311. The Balaban J connectivity index is 1.85. The highest BCUT2D eigenvalue weighted by atomic mass is 35.5. The number of anilines is 1. The minimum atomic E-state index is -4.01. The number of rotatable bonds is 4. The predicted molar refractivity (Wildman–Crippen MR) is 114 cm³/mol. The summed E-state index contributed by atoms with van der Waals surface area (Å²) in [4.78, 5) is 9.19. The van der Waals surface area contributed by atoms with Crippen LogP contribution in [0.5, 0.6) is 0 Å². The molecule has 9 heteroatoms. The fraction of sp³-hybridized carbons (Fsp3) is 0.0476. The van der Waals surface area contributed by atoms with Crippen LogP contribution >= 0.6 is 11.6 Å². The zero-order valence-electron chi connectivity index (χ0n) is 15.5. The van der Waals surface area contributed by atoms with Gasteiger partial charge in [-0.25, -0.2) is 18.4 Å². The van der Waals surface area contributed by atoms with Crippen LogP contribution in [0.3, 0.4) is 0 Å². The van der Waals surface area contributed by atoms with Crippen molar-refractivity contribution >= 4 is 49.5 Å². The van der Waals surface area contributed by atoms with Gasteiger partial charge in [-0.2, -0.15) is 0 Å². The molecule has 3 heterocycles. The molecule has 0 fully saturated rings. The molecule has 0 saturated heterocycles. The van der Waals surface area contributed by atoms with Crippen molar-refractivity contribution in [3.63, 3.8) is 0 Å². The van der Waals surface area contributed by atoms with Crippen molar-refractivity contribution in [2.45, 2.75) is 16.3 Å². The summed E-state index contributed by atoms with van der Waals surface area (Å²) >= 11 is 6.03. The number of fused-ring (bicyclic) bond motifs is 2. The van der Waals surface area contributed by atoms with E-state index in [2.05, 4.69) is 9.97 Å². The molecule has 2 aromatic carbocycles. The van der Waals surface area contributed by atoms with E-state index in [-0.39, 0.29) is 27.7 Å². The van der Waals surface area contributed by atoms with Crippen molar-refractivity contribution in [3.8, 4) is 0 Å². The highest BCUT2D eigenvalue weighted by molar-refractivity contribution is 7.92. The van der Waals surface area contributed by atoms with Gasteiger partial charge in [0.05, 0.1) is 28.7 Å². The Labute approximate surface area is 176 Å². The zero-order valence-corrected chi connectivity index (χ0v) is 17.1. The standard InChI is InChI=1S/C21H15ClN4O3S/c22-13-5-3-7-15(11-13)30(27,28)19-18-21(25-17-9-2-1-8-16(17)24-18)26(20(19)23)12-14-6-4-10-29-14/h1-11H,12,23H2. The Hall–Kier alpha value is -3.36. The van der Waals surface area contributed by atoms with Gasteiger partial charge in [-0.15, -0.1) is 0 Å². The molecule has 0 atom stereocenters. The summed E-state index contributed by atoms with van der Waals surface area (Å²) < 4.78 is 34.1. The van der Waals surface area contributed by atoms with Crippen molar-refractivity contribution < 1.29 is 12.8 Å². The molecule has 0 amide bonds. The molecular formula is C21H15ClN4O3S. The molecule has 0 unspecified atom stereocenters. The van der Waals surface area contributed by atoms with Crippen LogP contribution in [0.1, 0.15) is 5.76 Å². The van der Waals surface area contributed by atoms with Crippen LogP contribution in [-0.4, -0.2) is 23.0 Å². The third-order valence-corrected chi connectivity index (χ3v) is 6.87. The van der Waals surface area contributed by atoms with Crippen LogP contribution in [0.25, 0.3) is 22.2 Å². The summed E-state index contributed by atoms with van der Waals surface area (Å²) in [5.74, 6) is 0.650. The van der Waals surface area contributed by atoms with E-state index in [0.717, 1.165) is 0 Å². The number of nitrogen functional groups attached to an aromatic ring is 1. The molecule has 0 aliphatic rings. The SMILES string of the molecule is Nc1c(S(=O)(=O)c2cccc(Cl)c2)c2nc3ccccc3nc2n1Cc1ccco1. The van der Waals surface area contributed by atoms with Crippen molar-refractivity contribution in [1.29, 1.82) is 0 Å². The summed E-state index contributed by atoms with van der Waals surface area (Å²) in [7, 11) is -4.01. The van der Waals surface area contributed by atoms with Crippen molar-refractivity contribution in [3.05, 3.63) is 77.7 Å². The van der Waals surface area contributed by atoms with Gasteiger partial charge in [0.2, 0.25) is 9.84 Å². The van der Waals surface area contributed by atoms with Crippen molar-refractivity contribution in [1.82, 2.24) is 14.5 Å². The molecule has 0 radical (unpaired) electrons. The predicted octanol–water partition coefficient (Wildman–Crippen LogP) is 4.29. The lowest BCUT2D eigenvalue weighted by Gasteiger charge is -2.07. The number of benzene rings is 2. The maximum absolute atomic E-state index is 13.5. The number of halogens is 1. The Bertz CT molecular complexity index is 1510. The number of nitrogens with two attached hydrogens (primary N) is 1. The second-order valence-corrected chi connectivity index (χ2v) is 9.05. The Morgan fingerprint density at radius 2 is 1.77 bits per heavy atom. The number of para-hydroxylation sites is 2. The highest BCUT2D eigenvalue weighted by Gasteiger charge is 2.30. The summed E-state index contributed by atoms with van der Waals surface area (Å²) in [5.41, 5.74) is 8.16. The Morgan fingerprint density at radius 3 is 2.47 bits per heavy atom. The summed E-state index contributed by atoms with van der Waals surface area (Å²) in [6.07, 6.45) is 1.54. The van der Waals surface area contributed by atoms with Gasteiger partial charge in [-0.05, 0) is 42.5 Å². The molecule has 0 bridgehead atoms. The first-order valence-electron chi connectivity index (χ1n) is 9.02. The third-order valence-electron chi connectivity index (χ3n) is 4.82. The van der Waals surface area contributed by atoms with Crippen LogP contribution in [-0.2, 0) is 16.4 Å². The topological polar surface area (TPSA) is 104 Å². The molecule has 150 valence electrons. The van der Waals surface area contributed by atoms with E-state index in [1.165, 1.54) is 12.1 Å². The first-order valence-corrected chi connectivity index (χ1v) is 10.9. The monoisotopic (exact) mass is 438 g/mol. The summed E-state index contributed by atoms with van der Waals surface area (Å²) in [6, 6.07) is 16.8. The molecule has 2 N–H and O–H groups in total. The number of sulfone groups is 1. The van der Waals surface area contributed by atoms with Crippen molar-refractivity contribution in [2.75, 3.05) is 5.73 Å². The normalized spacial score (nSPS) is 12.0. The average Bonchev–Trinajstić information content (AvgIpc) is 3.33. The molecule has 7 nitrogen and oxygen atoms in total. The fourth-order valence-electron chi connectivity index (χ4n) is 3.42. The van der Waals surface area contributed by atoms with E-state index in [9.17, 15) is 8.42 Å². The lowest BCUT2D eigenvalue weighted by molar-refractivity contribution is 0.497. The van der Waals surface area contributed by atoms with Crippen LogP contribution in [0.2, 0.25) is 5.02 Å². The first-order chi connectivity index (χ1) is 14.4. The van der Waals surface area contributed by atoms with Crippen LogP contribution in [0, 0.1) is 0 Å². The van der Waals surface area contributed by atoms with Gasteiger partial charge in [0, 0.05) is 5.02 Å². The Kier molecular flexibility index (Phi) is 4.27. The van der Waals surface area contributed by atoms with Gasteiger partial charge in [0.1, 0.15) is 22.0 Å². The van der Waals surface area contributed by atoms with E-state index in [0.29, 0.717) is 27.5 Å². The summed E-state index contributed by atoms with van der Waals surface area (Å²) in [6.45, 7) is 0.216.